The summed E-state index contributed by atoms with van der Waals surface area (Å²) in [6, 6.07) is 5.30. The Balaban J connectivity index is 1.26. The Bertz CT molecular complexity index is 1310. The van der Waals surface area contributed by atoms with E-state index in [2.05, 4.69) is 6.92 Å². The fourth-order valence-electron chi connectivity index (χ4n) is 8.47. The second-order valence-corrected chi connectivity index (χ2v) is 15.5. The van der Waals surface area contributed by atoms with Crippen molar-refractivity contribution in [1.29, 1.82) is 0 Å². The number of hydrogen-bond donors (Lipinski definition) is 1. The zero-order valence-electron chi connectivity index (χ0n) is 26.1. The molecule has 0 bridgehead atoms. The smallest absolute Gasteiger partial charge is 0.410 e. The molecule has 1 aromatic carbocycles. The maximum absolute atomic E-state index is 13.3. The molecule has 15 heteroatoms. The van der Waals surface area contributed by atoms with E-state index in [1.807, 2.05) is 6.07 Å². The minimum absolute atomic E-state index is 0.0414. The summed E-state index contributed by atoms with van der Waals surface area (Å²) in [5.74, 6) is -4.01. The number of carbonyl (C=O) groups is 1. The Morgan fingerprint density at radius 2 is 1.81 bits per heavy atom. The molecule has 6 nitrogen and oxygen atoms in total. The number of ether oxygens (including phenoxy) is 2. The molecule has 1 N–H and O–H groups in total. The van der Waals surface area contributed by atoms with Gasteiger partial charge in [-0.2, -0.15) is 35.1 Å². The van der Waals surface area contributed by atoms with Crippen molar-refractivity contribution in [3.05, 3.63) is 29.3 Å². The third-order valence-corrected chi connectivity index (χ3v) is 12.4. The topological polar surface area (TPSA) is 76.1 Å². The molecule has 0 spiro atoms. The quantitative estimate of drug-likeness (QED) is 0.272. The summed E-state index contributed by atoms with van der Waals surface area (Å²) in [5.41, 5.74) is 1.80. The summed E-state index contributed by atoms with van der Waals surface area (Å²) in [6.07, 6.45) is -10.7. The number of amides is 1. The van der Waals surface area contributed by atoms with Gasteiger partial charge < -0.3 is 19.5 Å². The molecule has 4 aliphatic rings. The summed E-state index contributed by atoms with van der Waals surface area (Å²) in [4.78, 5) is 13.8. The molecular formula is C32H41F8NO5S. The fraction of sp³-hybridized carbons (Fsp3) is 0.781. The lowest BCUT2D eigenvalue weighted by Gasteiger charge is -2.53. The third kappa shape index (κ3) is 7.76. The Kier molecular flexibility index (Phi) is 10.6. The van der Waals surface area contributed by atoms with Crippen LogP contribution in [0.25, 0.3) is 0 Å². The molecule has 1 amide bonds. The average molecular weight is 704 g/mol. The molecule has 8 atom stereocenters. The van der Waals surface area contributed by atoms with E-state index < -0.39 is 66.8 Å². The van der Waals surface area contributed by atoms with Crippen LogP contribution in [-0.4, -0.2) is 82.0 Å². The zero-order valence-corrected chi connectivity index (χ0v) is 26.9. The largest absolute Gasteiger partial charge is 0.453 e. The number of rotatable bonds is 9. The molecular weight excluding hydrogens is 662 g/mol. The van der Waals surface area contributed by atoms with Gasteiger partial charge in [0.15, 0.2) is 6.10 Å². The van der Waals surface area contributed by atoms with Crippen molar-refractivity contribution in [3.8, 4) is 5.75 Å². The van der Waals surface area contributed by atoms with Crippen LogP contribution in [0.15, 0.2) is 18.2 Å². The third-order valence-electron chi connectivity index (χ3n) is 10.9. The highest BCUT2D eigenvalue weighted by Gasteiger charge is 2.57. The highest BCUT2D eigenvalue weighted by atomic mass is 32.2. The van der Waals surface area contributed by atoms with Gasteiger partial charge in [0, 0.05) is 35.3 Å². The van der Waals surface area contributed by atoms with Gasteiger partial charge in [-0.3, -0.25) is 4.21 Å². The number of fused-ring (bicyclic) bond motifs is 5. The van der Waals surface area contributed by atoms with Crippen molar-refractivity contribution in [2.75, 3.05) is 31.2 Å². The van der Waals surface area contributed by atoms with Crippen molar-refractivity contribution in [2.24, 2.45) is 23.2 Å². The Morgan fingerprint density at radius 3 is 2.51 bits per heavy atom. The standard InChI is InChI=1S/C32H41F8NO5S/c1-29-11-9-23-22-6-5-21(46-28(43)41-12-13-45-26(18-41)31(35,36)37)17-20(22)16-19(27(23)24(29)7-8-25(29)42)4-2-14-47(44)15-3-10-30(33,34)32(38,39)40/h5-6,17,19,23-27,42H,2-4,7-16,18H2,1H3/t19-,23-,24+,25+,26?,27-,29+,47?/m1/s1. The molecule has 0 aromatic heterocycles. The van der Waals surface area contributed by atoms with Gasteiger partial charge in [0.2, 0.25) is 0 Å². The minimum atomic E-state index is -5.64. The maximum atomic E-state index is 13.3. The summed E-state index contributed by atoms with van der Waals surface area (Å²) in [5, 5.41) is 10.9. The normalized spacial score (nSPS) is 31.9. The molecule has 1 saturated heterocycles. The highest BCUT2D eigenvalue weighted by Crippen LogP contribution is 2.62. The van der Waals surface area contributed by atoms with E-state index in [1.54, 1.807) is 12.1 Å². The highest BCUT2D eigenvalue weighted by molar-refractivity contribution is 7.84. The predicted molar refractivity (Wildman–Crippen MR) is 157 cm³/mol. The molecule has 1 aliphatic heterocycles. The lowest BCUT2D eigenvalue weighted by Crippen LogP contribution is -2.51. The van der Waals surface area contributed by atoms with Crippen LogP contribution in [0.1, 0.15) is 75.3 Å². The van der Waals surface area contributed by atoms with Crippen LogP contribution in [0.3, 0.4) is 0 Å². The van der Waals surface area contributed by atoms with Gasteiger partial charge in [-0.15, -0.1) is 0 Å². The van der Waals surface area contributed by atoms with Crippen LogP contribution >= 0.6 is 0 Å². The van der Waals surface area contributed by atoms with Gasteiger partial charge in [-0.25, -0.2) is 4.79 Å². The number of nitrogens with zero attached hydrogens (tertiary/aromatic N) is 1. The number of benzene rings is 1. The van der Waals surface area contributed by atoms with E-state index in [0.717, 1.165) is 35.3 Å². The lowest BCUT2D eigenvalue weighted by molar-refractivity contribution is -0.284. The molecule has 47 heavy (non-hydrogen) atoms. The molecule has 2 unspecified atom stereocenters. The van der Waals surface area contributed by atoms with Crippen molar-refractivity contribution in [1.82, 2.24) is 4.90 Å². The summed E-state index contributed by atoms with van der Waals surface area (Å²) >= 11 is 0. The van der Waals surface area contributed by atoms with Crippen LogP contribution < -0.4 is 4.74 Å². The Labute approximate surface area is 271 Å². The van der Waals surface area contributed by atoms with E-state index >= 15 is 0 Å². The van der Waals surface area contributed by atoms with E-state index in [0.29, 0.717) is 25.7 Å². The molecule has 0 radical (unpaired) electrons. The van der Waals surface area contributed by atoms with Crippen molar-refractivity contribution >= 4 is 16.9 Å². The average Bonchev–Trinajstić information content (AvgIpc) is 3.29. The number of carbonyl (C=O) groups excluding carboxylic acids is 1. The van der Waals surface area contributed by atoms with Crippen LogP contribution in [0.2, 0.25) is 0 Å². The van der Waals surface area contributed by atoms with Gasteiger partial charge in [0.1, 0.15) is 5.75 Å². The summed E-state index contributed by atoms with van der Waals surface area (Å²) < 4.78 is 126. The number of aliphatic hydroxyl groups excluding tert-OH is 1. The predicted octanol–water partition coefficient (Wildman–Crippen LogP) is 7.40. The fourth-order valence-corrected chi connectivity index (χ4v) is 9.63. The van der Waals surface area contributed by atoms with E-state index in [-0.39, 0.29) is 59.5 Å². The first kappa shape index (κ1) is 36.3. The SMILES string of the molecule is C[C@]12CC[C@@H]3c4ccc(OC(=O)N5CCOC(C(F)(F)F)C5)cc4C[C@@H](CCCS(=O)CCCC(F)(F)C(F)(F)F)[C@H]3[C@@H]1CC[C@@H]2O. The molecule has 3 fully saturated rings. The first-order valence-electron chi connectivity index (χ1n) is 16.2. The number of morpholine rings is 1. The molecule has 3 aliphatic carbocycles. The minimum Gasteiger partial charge on any atom is -0.410 e. The van der Waals surface area contributed by atoms with Gasteiger partial charge in [-0.1, -0.05) is 13.0 Å². The molecule has 2 saturated carbocycles. The zero-order chi connectivity index (χ0) is 34.4. The maximum Gasteiger partial charge on any atom is 0.453 e. The van der Waals surface area contributed by atoms with Crippen LogP contribution in [0.5, 0.6) is 5.75 Å². The van der Waals surface area contributed by atoms with Crippen LogP contribution in [0.4, 0.5) is 39.9 Å². The van der Waals surface area contributed by atoms with E-state index in [9.17, 15) is 49.2 Å². The first-order valence-corrected chi connectivity index (χ1v) is 17.6. The summed E-state index contributed by atoms with van der Waals surface area (Å²) in [6.45, 7) is 1.15. The van der Waals surface area contributed by atoms with E-state index in [4.69, 9.17) is 9.47 Å². The number of hydrogen-bond acceptors (Lipinski definition) is 5. The Hall–Kier alpha value is -2.00. The van der Waals surface area contributed by atoms with Crippen molar-refractivity contribution in [2.45, 2.75) is 101 Å². The van der Waals surface area contributed by atoms with Crippen LogP contribution in [-0.2, 0) is 22.0 Å². The second-order valence-electron chi connectivity index (χ2n) is 13.8. The number of alkyl halides is 8. The van der Waals surface area contributed by atoms with Gasteiger partial charge in [0.25, 0.3) is 0 Å². The van der Waals surface area contributed by atoms with Gasteiger partial charge >= 0.3 is 24.4 Å². The summed E-state index contributed by atoms with van der Waals surface area (Å²) in [7, 11) is -1.56. The second kappa shape index (κ2) is 13.7. The Morgan fingerprint density at radius 1 is 1.09 bits per heavy atom. The number of halogens is 8. The molecule has 1 aromatic rings. The monoisotopic (exact) mass is 703 g/mol. The van der Waals surface area contributed by atoms with Gasteiger partial charge in [0.05, 0.1) is 19.3 Å². The molecule has 1 heterocycles. The first-order chi connectivity index (χ1) is 21.9. The lowest BCUT2D eigenvalue weighted by atomic mass is 9.52. The molecule has 266 valence electrons. The van der Waals surface area contributed by atoms with Crippen molar-refractivity contribution in [3.63, 3.8) is 0 Å². The van der Waals surface area contributed by atoms with Crippen LogP contribution in [0, 0.1) is 23.2 Å². The van der Waals surface area contributed by atoms with Gasteiger partial charge in [-0.05, 0) is 104 Å². The van der Waals surface area contributed by atoms with E-state index in [1.165, 1.54) is 0 Å². The molecule has 5 rings (SSSR count). The number of aliphatic hydroxyl groups is 1. The van der Waals surface area contributed by atoms with Crippen molar-refractivity contribution < 1.29 is 58.7 Å².